The topological polar surface area (TPSA) is 116 Å². The summed E-state index contributed by atoms with van der Waals surface area (Å²) in [6.07, 6.45) is 0. The van der Waals surface area contributed by atoms with Crippen molar-refractivity contribution >= 4 is 23.7 Å². The monoisotopic (exact) mass is 388 g/mol. The summed E-state index contributed by atoms with van der Waals surface area (Å²) in [5, 5.41) is 10.9. The summed E-state index contributed by atoms with van der Waals surface area (Å²) in [4.78, 5) is 51.2. The van der Waals surface area contributed by atoms with Gasteiger partial charge in [0.25, 0.3) is 0 Å². The van der Waals surface area contributed by atoms with Crippen molar-refractivity contribution in [2.75, 3.05) is 21.3 Å². The minimum atomic E-state index is -1.91. The van der Waals surface area contributed by atoms with E-state index in [0.717, 1.165) is 21.3 Å². The minimum absolute atomic E-state index is 0.320. The first-order chi connectivity index (χ1) is 13.3. The molecule has 4 atom stereocenters. The van der Waals surface area contributed by atoms with Gasteiger partial charge in [0, 0.05) is 11.8 Å². The Labute approximate surface area is 161 Å². The molecule has 0 amide bonds. The van der Waals surface area contributed by atoms with E-state index in [2.05, 4.69) is 0 Å². The molecule has 148 valence electrons. The zero-order valence-corrected chi connectivity index (χ0v) is 15.8. The number of aliphatic hydroxyl groups is 1. The highest BCUT2D eigenvalue weighted by Crippen LogP contribution is 2.66. The molecule has 0 heterocycles. The molecule has 0 aliphatic heterocycles. The van der Waals surface area contributed by atoms with E-state index >= 15 is 0 Å². The summed E-state index contributed by atoms with van der Waals surface area (Å²) in [6.45, 7) is 1.20. The smallest absolute Gasteiger partial charge is 0.337 e. The third-order valence-electron chi connectivity index (χ3n) is 5.75. The van der Waals surface area contributed by atoms with E-state index in [0.29, 0.717) is 11.1 Å². The molecule has 0 radical (unpaired) electrons. The van der Waals surface area contributed by atoms with Crippen LogP contribution in [0.15, 0.2) is 35.6 Å². The van der Waals surface area contributed by atoms with Gasteiger partial charge in [-0.05, 0) is 18.1 Å². The van der Waals surface area contributed by atoms with E-state index < -0.39 is 52.6 Å². The van der Waals surface area contributed by atoms with Crippen LogP contribution < -0.4 is 0 Å². The third kappa shape index (κ3) is 2.23. The van der Waals surface area contributed by atoms with Crippen molar-refractivity contribution in [3.05, 3.63) is 46.7 Å². The largest absolute Gasteiger partial charge is 0.511 e. The van der Waals surface area contributed by atoms with Crippen molar-refractivity contribution in [3.8, 4) is 0 Å². The molecule has 3 rings (SSSR count). The maximum absolute atomic E-state index is 13.0. The van der Waals surface area contributed by atoms with Crippen LogP contribution in [0.25, 0.3) is 0 Å². The second-order valence-corrected chi connectivity index (χ2v) is 6.75. The molecule has 0 saturated heterocycles. The maximum Gasteiger partial charge on any atom is 0.337 e. The molecule has 0 fully saturated rings. The number of benzene rings is 1. The molecule has 2 aliphatic rings. The van der Waals surface area contributed by atoms with Gasteiger partial charge in [-0.1, -0.05) is 24.3 Å². The molecule has 4 unspecified atom stereocenters. The van der Waals surface area contributed by atoms with Crippen LogP contribution >= 0.6 is 0 Å². The Morgan fingerprint density at radius 2 is 1.57 bits per heavy atom. The van der Waals surface area contributed by atoms with Gasteiger partial charge in [-0.25, -0.2) is 4.79 Å². The zero-order valence-electron chi connectivity index (χ0n) is 15.8. The summed E-state index contributed by atoms with van der Waals surface area (Å²) >= 11 is 0. The van der Waals surface area contributed by atoms with Gasteiger partial charge in [0.05, 0.1) is 26.9 Å². The average molecular weight is 388 g/mol. The van der Waals surface area contributed by atoms with Gasteiger partial charge in [-0.2, -0.15) is 0 Å². The first-order valence-corrected chi connectivity index (χ1v) is 8.56. The number of ether oxygens (including phenoxy) is 3. The Bertz CT molecular complexity index is 915. The quantitative estimate of drug-likeness (QED) is 0.467. The molecule has 2 aliphatic carbocycles. The van der Waals surface area contributed by atoms with E-state index in [-0.39, 0.29) is 5.57 Å². The van der Waals surface area contributed by atoms with Gasteiger partial charge in [0.1, 0.15) is 22.9 Å². The number of esters is 3. The van der Waals surface area contributed by atoms with Crippen LogP contribution in [0.2, 0.25) is 0 Å². The second-order valence-electron chi connectivity index (χ2n) is 6.75. The lowest BCUT2D eigenvalue weighted by atomic mass is 9.57. The maximum atomic E-state index is 13.0. The summed E-state index contributed by atoms with van der Waals surface area (Å²) in [7, 11) is 3.35. The van der Waals surface area contributed by atoms with Crippen LogP contribution in [0.4, 0.5) is 0 Å². The Kier molecular flexibility index (Phi) is 4.74. The zero-order chi connectivity index (χ0) is 20.8. The lowest BCUT2D eigenvalue weighted by molar-refractivity contribution is -0.164. The Balaban J connectivity index is 2.49. The Morgan fingerprint density at radius 1 is 0.964 bits per heavy atom. The van der Waals surface area contributed by atoms with E-state index in [4.69, 9.17) is 14.2 Å². The van der Waals surface area contributed by atoms with Crippen LogP contribution in [-0.4, -0.2) is 50.1 Å². The standard InChI is InChI=1S/C20H20O8/c1-9(21)20(19(25)28-4)14-10-7-5-6-8-11(10)15(20)13(18(24)27-3)16(22)12(14)17(23)26-2/h5-8,12,14-15,22H,1-4H3. The molecule has 2 bridgehead atoms. The lowest BCUT2D eigenvalue weighted by Crippen LogP contribution is -2.53. The predicted molar refractivity (Wildman–Crippen MR) is 94.2 cm³/mol. The highest BCUT2D eigenvalue weighted by Gasteiger charge is 2.71. The molecule has 8 heteroatoms. The Morgan fingerprint density at radius 3 is 2.07 bits per heavy atom. The van der Waals surface area contributed by atoms with E-state index in [9.17, 15) is 24.3 Å². The summed E-state index contributed by atoms with van der Waals surface area (Å²) in [5.41, 5.74) is -1.26. The number of aliphatic hydroxyl groups excluding tert-OH is 1. The summed E-state index contributed by atoms with van der Waals surface area (Å²) in [6, 6.07) is 6.67. The van der Waals surface area contributed by atoms with Gasteiger partial charge in [-0.15, -0.1) is 0 Å². The number of Topliss-reactive ketones (excluding diaryl/α,β-unsaturated/α-hetero) is 1. The van der Waals surface area contributed by atoms with Crippen LogP contribution in [-0.2, 0) is 33.4 Å². The van der Waals surface area contributed by atoms with Crippen molar-refractivity contribution in [2.45, 2.75) is 18.8 Å². The molecule has 0 saturated carbocycles. The highest BCUT2D eigenvalue weighted by molar-refractivity contribution is 6.10. The number of ketones is 1. The number of fused-ring (bicyclic) bond motifs is 5. The Hall–Kier alpha value is -3.16. The molecule has 1 aromatic carbocycles. The molecule has 1 aromatic rings. The van der Waals surface area contributed by atoms with Crippen LogP contribution in [0.1, 0.15) is 29.9 Å². The van der Waals surface area contributed by atoms with E-state index in [1.165, 1.54) is 6.92 Å². The van der Waals surface area contributed by atoms with E-state index in [1.54, 1.807) is 24.3 Å². The van der Waals surface area contributed by atoms with Crippen molar-refractivity contribution in [3.63, 3.8) is 0 Å². The van der Waals surface area contributed by atoms with Gasteiger partial charge in [0.2, 0.25) is 0 Å². The molecule has 0 aromatic heterocycles. The number of hydrogen-bond donors (Lipinski definition) is 1. The number of carbonyl (C=O) groups excluding carboxylic acids is 4. The minimum Gasteiger partial charge on any atom is -0.511 e. The van der Waals surface area contributed by atoms with Gasteiger partial charge in [0.15, 0.2) is 0 Å². The molecule has 0 spiro atoms. The molecule has 1 N–H and O–H groups in total. The highest BCUT2D eigenvalue weighted by atomic mass is 16.5. The number of methoxy groups -OCH3 is 3. The van der Waals surface area contributed by atoms with Crippen LogP contribution in [0.3, 0.4) is 0 Å². The van der Waals surface area contributed by atoms with Crippen molar-refractivity contribution in [1.82, 2.24) is 0 Å². The molecule has 28 heavy (non-hydrogen) atoms. The predicted octanol–water partition coefficient (Wildman–Crippen LogP) is 1.40. The van der Waals surface area contributed by atoms with Crippen LogP contribution in [0, 0.1) is 11.3 Å². The molecular weight excluding hydrogens is 368 g/mol. The molecule has 8 nitrogen and oxygen atoms in total. The first-order valence-electron chi connectivity index (χ1n) is 8.56. The summed E-state index contributed by atoms with van der Waals surface area (Å²) in [5.74, 6) is -7.55. The number of carbonyl (C=O) groups is 4. The molecular formula is C20H20O8. The van der Waals surface area contributed by atoms with Crippen molar-refractivity contribution < 1.29 is 38.5 Å². The van der Waals surface area contributed by atoms with Crippen LogP contribution in [0.5, 0.6) is 0 Å². The number of hydrogen-bond acceptors (Lipinski definition) is 8. The first kappa shape index (κ1) is 19.6. The van der Waals surface area contributed by atoms with E-state index in [1.807, 2.05) is 0 Å². The lowest BCUT2D eigenvalue weighted by Gasteiger charge is -2.42. The third-order valence-corrected chi connectivity index (χ3v) is 5.75. The summed E-state index contributed by atoms with van der Waals surface area (Å²) < 4.78 is 14.6. The normalized spacial score (nSPS) is 27.6. The average Bonchev–Trinajstić information content (AvgIpc) is 2.93. The van der Waals surface area contributed by atoms with Gasteiger partial charge < -0.3 is 19.3 Å². The van der Waals surface area contributed by atoms with Gasteiger partial charge in [-0.3, -0.25) is 14.4 Å². The number of rotatable bonds is 4. The fourth-order valence-corrected chi connectivity index (χ4v) is 4.71. The fourth-order valence-electron chi connectivity index (χ4n) is 4.71. The SMILES string of the molecule is COC(=O)C1=C(O)C(C(=O)OC)C2c3ccccc3C1C2(C(C)=O)C(=O)OC. The van der Waals surface area contributed by atoms with Crippen molar-refractivity contribution in [2.24, 2.45) is 11.3 Å². The van der Waals surface area contributed by atoms with Gasteiger partial charge >= 0.3 is 17.9 Å². The van der Waals surface area contributed by atoms with Crippen molar-refractivity contribution in [1.29, 1.82) is 0 Å². The second kappa shape index (κ2) is 6.78. The fraction of sp³-hybridized carbons (Fsp3) is 0.400.